The van der Waals surface area contributed by atoms with Crippen molar-refractivity contribution in [1.82, 2.24) is 10.3 Å². The molecular weight excluding hydrogens is 265 g/mol. The van der Waals surface area contributed by atoms with Crippen LogP contribution in [0.25, 0.3) is 5.57 Å². The SMILES string of the molecule is CCCNC/C(C)=C(\C)c1cc(C(F)(F)F)cnc1C. The Balaban J connectivity index is 3.08. The Morgan fingerprint density at radius 3 is 2.50 bits per heavy atom. The zero-order valence-electron chi connectivity index (χ0n) is 12.4. The van der Waals surface area contributed by atoms with E-state index < -0.39 is 11.7 Å². The fourth-order valence-corrected chi connectivity index (χ4v) is 1.88. The predicted molar refractivity (Wildman–Crippen MR) is 75.4 cm³/mol. The number of hydrogen-bond acceptors (Lipinski definition) is 2. The van der Waals surface area contributed by atoms with Crippen molar-refractivity contribution in [2.24, 2.45) is 0 Å². The van der Waals surface area contributed by atoms with E-state index in [2.05, 4.69) is 17.2 Å². The first-order chi connectivity index (χ1) is 9.27. The Kier molecular flexibility index (Phi) is 5.74. The summed E-state index contributed by atoms with van der Waals surface area (Å²) >= 11 is 0. The van der Waals surface area contributed by atoms with Gasteiger partial charge in [0.1, 0.15) is 0 Å². The van der Waals surface area contributed by atoms with E-state index in [0.717, 1.165) is 30.3 Å². The van der Waals surface area contributed by atoms with Gasteiger partial charge in [0.25, 0.3) is 0 Å². The molecule has 1 aromatic heterocycles. The Morgan fingerprint density at radius 2 is 1.95 bits per heavy atom. The van der Waals surface area contributed by atoms with Crippen LogP contribution in [0.4, 0.5) is 13.2 Å². The van der Waals surface area contributed by atoms with Crippen molar-refractivity contribution in [2.45, 2.75) is 40.3 Å². The van der Waals surface area contributed by atoms with Crippen LogP contribution in [-0.4, -0.2) is 18.1 Å². The van der Waals surface area contributed by atoms with Gasteiger partial charge in [-0.15, -0.1) is 0 Å². The van der Waals surface area contributed by atoms with E-state index >= 15 is 0 Å². The molecule has 0 fully saturated rings. The van der Waals surface area contributed by atoms with Crippen molar-refractivity contribution in [3.63, 3.8) is 0 Å². The van der Waals surface area contributed by atoms with E-state index in [9.17, 15) is 13.2 Å². The Hall–Kier alpha value is -1.36. The summed E-state index contributed by atoms with van der Waals surface area (Å²) in [4.78, 5) is 3.87. The van der Waals surface area contributed by atoms with Gasteiger partial charge in [0.2, 0.25) is 0 Å². The molecule has 0 spiro atoms. The Bertz CT molecular complexity index is 490. The van der Waals surface area contributed by atoms with Crippen molar-refractivity contribution in [3.8, 4) is 0 Å². The summed E-state index contributed by atoms with van der Waals surface area (Å²) in [6.07, 6.45) is -2.45. The van der Waals surface area contributed by atoms with Crippen LogP contribution in [0.15, 0.2) is 17.8 Å². The van der Waals surface area contributed by atoms with Gasteiger partial charge < -0.3 is 5.32 Å². The molecule has 0 radical (unpaired) electrons. The van der Waals surface area contributed by atoms with E-state index in [4.69, 9.17) is 0 Å². The van der Waals surface area contributed by atoms with Gasteiger partial charge in [0.05, 0.1) is 5.56 Å². The maximum Gasteiger partial charge on any atom is 0.417 e. The van der Waals surface area contributed by atoms with Gasteiger partial charge in [0.15, 0.2) is 0 Å². The highest BCUT2D eigenvalue weighted by molar-refractivity contribution is 5.68. The second-order valence-electron chi connectivity index (χ2n) is 4.94. The van der Waals surface area contributed by atoms with Crippen molar-refractivity contribution >= 4 is 5.57 Å². The first-order valence-corrected chi connectivity index (χ1v) is 6.68. The third-order valence-corrected chi connectivity index (χ3v) is 3.28. The number of alkyl halides is 3. The average molecular weight is 286 g/mol. The van der Waals surface area contributed by atoms with Crippen LogP contribution in [0.5, 0.6) is 0 Å². The third kappa shape index (κ3) is 4.34. The highest BCUT2D eigenvalue weighted by Crippen LogP contribution is 2.31. The quantitative estimate of drug-likeness (QED) is 0.820. The molecule has 0 saturated heterocycles. The molecular formula is C15H21F3N2. The lowest BCUT2D eigenvalue weighted by Gasteiger charge is -2.14. The summed E-state index contributed by atoms with van der Waals surface area (Å²) in [6, 6.07) is 1.18. The molecule has 0 unspecified atom stereocenters. The summed E-state index contributed by atoms with van der Waals surface area (Å²) in [5.41, 5.74) is 2.36. The normalized spacial score (nSPS) is 13.3. The molecule has 0 amide bonds. The van der Waals surface area contributed by atoms with E-state index in [1.165, 1.54) is 6.07 Å². The number of nitrogens with zero attached hydrogens (tertiary/aromatic N) is 1. The first kappa shape index (κ1) is 16.7. The number of aromatic nitrogens is 1. The second-order valence-corrected chi connectivity index (χ2v) is 4.94. The summed E-state index contributed by atoms with van der Waals surface area (Å²) < 4.78 is 38.2. The molecule has 1 heterocycles. The average Bonchev–Trinajstić information content (AvgIpc) is 2.37. The number of hydrogen-bond donors (Lipinski definition) is 1. The number of allylic oxidation sites excluding steroid dienone is 1. The zero-order valence-corrected chi connectivity index (χ0v) is 12.4. The van der Waals surface area contributed by atoms with E-state index in [1.807, 2.05) is 13.8 Å². The minimum atomic E-state index is -4.36. The zero-order chi connectivity index (χ0) is 15.3. The van der Waals surface area contributed by atoms with Gasteiger partial charge in [-0.1, -0.05) is 12.5 Å². The fraction of sp³-hybridized carbons (Fsp3) is 0.533. The lowest BCUT2D eigenvalue weighted by atomic mass is 9.99. The number of nitrogens with one attached hydrogen (secondary N) is 1. The molecule has 0 atom stereocenters. The van der Waals surface area contributed by atoms with Gasteiger partial charge in [-0.2, -0.15) is 13.2 Å². The predicted octanol–water partition coefficient (Wildman–Crippen LogP) is 4.20. The van der Waals surface area contributed by atoms with Crippen molar-refractivity contribution < 1.29 is 13.2 Å². The molecule has 0 aliphatic carbocycles. The fourth-order valence-electron chi connectivity index (χ4n) is 1.88. The molecule has 20 heavy (non-hydrogen) atoms. The Morgan fingerprint density at radius 1 is 1.30 bits per heavy atom. The smallest absolute Gasteiger partial charge is 0.313 e. The summed E-state index contributed by atoms with van der Waals surface area (Å²) in [5.74, 6) is 0. The van der Waals surface area contributed by atoms with Crippen LogP contribution in [0, 0.1) is 6.92 Å². The minimum absolute atomic E-state index is 0.565. The lowest BCUT2D eigenvalue weighted by molar-refractivity contribution is -0.137. The number of halogens is 3. The molecule has 112 valence electrons. The molecule has 0 bridgehead atoms. The molecule has 1 aromatic rings. The van der Waals surface area contributed by atoms with Crippen molar-refractivity contribution in [3.05, 3.63) is 34.7 Å². The minimum Gasteiger partial charge on any atom is -0.313 e. The molecule has 0 aromatic carbocycles. The van der Waals surface area contributed by atoms with Crippen molar-refractivity contribution in [1.29, 1.82) is 0 Å². The maximum absolute atomic E-state index is 12.7. The van der Waals surface area contributed by atoms with Gasteiger partial charge in [-0.3, -0.25) is 4.98 Å². The van der Waals surface area contributed by atoms with Crippen LogP contribution >= 0.6 is 0 Å². The Labute approximate surface area is 118 Å². The molecule has 0 saturated carbocycles. The van der Waals surface area contributed by atoms with E-state index in [-0.39, 0.29) is 0 Å². The highest BCUT2D eigenvalue weighted by atomic mass is 19.4. The molecule has 1 N–H and O–H groups in total. The molecule has 5 heteroatoms. The summed E-state index contributed by atoms with van der Waals surface area (Å²) in [7, 11) is 0. The largest absolute Gasteiger partial charge is 0.417 e. The van der Waals surface area contributed by atoms with Crippen LogP contribution in [-0.2, 0) is 6.18 Å². The maximum atomic E-state index is 12.7. The van der Waals surface area contributed by atoms with Crippen LogP contribution in [0.3, 0.4) is 0 Å². The standard InChI is InChI=1S/C15H21F3N2/c1-5-6-19-8-10(2)11(3)14-7-13(15(16,17)18)9-20-12(14)4/h7,9,19H,5-6,8H2,1-4H3/b11-10+. The summed E-state index contributed by atoms with van der Waals surface area (Å²) in [6.45, 7) is 9.14. The van der Waals surface area contributed by atoms with Crippen molar-refractivity contribution in [2.75, 3.05) is 13.1 Å². The van der Waals surface area contributed by atoms with E-state index in [1.54, 1.807) is 6.92 Å². The van der Waals surface area contributed by atoms with Gasteiger partial charge in [-0.25, -0.2) is 0 Å². The van der Waals surface area contributed by atoms with Crippen LogP contribution in [0.1, 0.15) is 44.0 Å². The third-order valence-electron chi connectivity index (χ3n) is 3.28. The number of aryl methyl sites for hydroxylation is 1. The molecule has 0 aliphatic rings. The van der Waals surface area contributed by atoms with Crippen LogP contribution in [0.2, 0.25) is 0 Å². The topological polar surface area (TPSA) is 24.9 Å². The summed E-state index contributed by atoms with van der Waals surface area (Å²) in [5, 5.41) is 3.25. The number of rotatable bonds is 5. The van der Waals surface area contributed by atoms with Gasteiger partial charge in [-0.05, 0) is 50.9 Å². The van der Waals surface area contributed by atoms with Gasteiger partial charge in [0, 0.05) is 18.4 Å². The van der Waals surface area contributed by atoms with Gasteiger partial charge >= 0.3 is 6.18 Å². The first-order valence-electron chi connectivity index (χ1n) is 6.68. The molecule has 1 rings (SSSR count). The van der Waals surface area contributed by atoms with Crippen LogP contribution < -0.4 is 5.32 Å². The lowest BCUT2D eigenvalue weighted by Crippen LogP contribution is -2.17. The number of pyridine rings is 1. The highest BCUT2D eigenvalue weighted by Gasteiger charge is 2.31. The second kappa shape index (κ2) is 6.88. The molecule has 2 nitrogen and oxygen atoms in total. The monoisotopic (exact) mass is 286 g/mol. The molecule has 0 aliphatic heterocycles. The van der Waals surface area contributed by atoms with E-state index in [0.29, 0.717) is 17.8 Å².